The van der Waals surface area contributed by atoms with Crippen LogP contribution in [0.25, 0.3) is 11.3 Å². The zero-order chi connectivity index (χ0) is 20.1. The highest BCUT2D eigenvalue weighted by atomic mass is 16.5. The molecular formula is C21H24N6O2. The Balaban J connectivity index is 1.37. The first-order valence-electron chi connectivity index (χ1n) is 9.75. The highest BCUT2D eigenvalue weighted by Crippen LogP contribution is 2.23. The molecule has 4 heterocycles. The van der Waals surface area contributed by atoms with Gasteiger partial charge < -0.3 is 9.64 Å². The second-order valence-electron chi connectivity index (χ2n) is 7.20. The molecular weight excluding hydrogens is 368 g/mol. The Morgan fingerprint density at radius 1 is 1.17 bits per heavy atom. The number of hydrogen-bond donors (Lipinski definition) is 0. The Hall–Kier alpha value is -3.13. The lowest BCUT2D eigenvalue weighted by atomic mass is 9.96. The van der Waals surface area contributed by atoms with Crippen LogP contribution in [-0.2, 0) is 17.9 Å². The lowest BCUT2D eigenvalue weighted by Crippen LogP contribution is -2.37. The van der Waals surface area contributed by atoms with E-state index in [-0.39, 0.29) is 5.56 Å². The summed E-state index contributed by atoms with van der Waals surface area (Å²) in [6, 6.07) is 7.27. The van der Waals surface area contributed by atoms with Gasteiger partial charge in [-0.25, -0.2) is 15.0 Å². The van der Waals surface area contributed by atoms with E-state index in [1.807, 2.05) is 18.2 Å². The van der Waals surface area contributed by atoms with Crippen LogP contribution in [0.5, 0.6) is 0 Å². The Kier molecular flexibility index (Phi) is 5.90. The fraction of sp³-hybridized carbons (Fsp3) is 0.381. The monoisotopic (exact) mass is 392 g/mol. The predicted molar refractivity (Wildman–Crippen MR) is 109 cm³/mol. The number of anilines is 1. The third kappa shape index (κ3) is 4.65. The molecule has 0 atom stereocenters. The Labute approximate surface area is 169 Å². The molecule has 0 spiro atoms. The summed E-state index contributed by atoms with van der Waals surface area (Å²) in [6.45, 7) is 2.91. The third-order valence-corrected chi connectivity index (χ3v) is 5.19. The van der Waals surface area contributed by atoms with Gasteiger partial charge in [0.15, 0.2) is 5.82 Å². The molecule has 0 radical (unpaired) electrons. The van der Waals surface area contributed by atoms with Crippen LogP contribution in [0.15, 0.2) is 54.0 Å². The number of aromatic nitrogens is 5. The molecule has 1 saturated heterocycles. The number of methoxy groups -OCH3 is 1. The maximum atomic E-state index is 12.5. The van der Waals surface area contributed by atoms with E-state index in [1.165, 1.54) is 0 Å². The normalized spacial score (nSPS) is 14.9. The summed E-state index contributed by atoms with van der Waals surface area (Å²) in [5, 5.41) is 0. The predicted octanol–water partition coefficient (Wildman–Crippen LogP) is 2.16. The molecule has 0 N–H and O–H groups in total. The van der Waals surface area contributed by atoms with Crippen LogP contribution in [0.2, 0.25) is 0 Å². The minimum absolute atomic E-state index is 0.0266. The number of rotatable bonds is 6. The average Bonchev–Trinajstić information content (AvgIpc) is 2.77. The molecule has 4 rings (SSSR count). The summed E-state index contributed by atoms with van der Waals surface area (Å²) in [6.07, 6.45) is 8.85. The number of nitrogens with zero attached hydrogens (tertiary/aromatic N) is 6. The molecule has 1 aliphatic rings. The van der Waals surface area contributed by atoms with Gasteiger partial charge in [-0.1, -0.05) is 0 Å². The quantitative estimate of drug-likeness (QED) is 0.635. The molecule has 0 aliphatic carbocycles. The molecule has 29 heavy (non-hydrogen) atoms. The highest BCUT2D eigenvalue weighted by molar-refractivity contribution is 5.56. The molecule has 0 saturated carbocycles. The summed E-state index contributed by atoms with van der Waals surface area (Å²) in [5.41, 5.74) is 1.48. The SMILES string of the molecule is COCc1nccc(N2CCC(Cn3cnc(-c4cccnc4)cc3=O)CC2)n1. The Bertz CT molecular complexity index is 999. The summed E-state index contributed by atoms with van der Waals surface area (Å²) in [7, 11) is 1.64. The van der Waals surface area contributed by atoms with Crippen LogP contribution in [0.4, 0.5) is 5.82 Å². The molecule has 8 nitrogen and oxygen atoms in total. The summed E-state index contributed by atoms with van der Waals surface area (Å²) < 4.78 is 6.83. The van der Waals surface area contributed by atoms with Gasteiger partial charge in [-0.3, -0.25) is 14.3 Å². The summed E-state index contributed by atoms with van der Waals surface area (Å²) >= 11 is 0. The lowest BCUT2D eigenvalue weighted by Gasteiger charge is -2.33. The minimum Gasteiger partial charge on any atom is -0.377 e. The second-order valence-corrected chi connectivity index (χ2v) is 7.20. The van der Waals surface area contributed by atoms with Gasteiger partial charge in [0.1, 0.15) is 12.4 Å². The lowest BCUT2D eigenvalue weighted by molar-refractivity contribution is 0.177. The van der Waals surface area contributed by atoms with Crippen LogP contribution in [-0.4, -0.2) is 44.7 Å². The molecule has 150 valence electrons. The zero-order valence-electron chi connectivity index (χ0n) is 16.4. The van der Waals surface area contributed by atoms with Crippen LogP contribution in [0.1, 0.15) is 18.7 Å². The van der Waals surface area contributed by atoms with Crippen molar-refractivity contribution in [2.24, 2.45) is 5.92 Å². The summed E-state index contributed by atoms with van der Waals surface area (Å²) in [4.78, 5) is 32.1. The topological polar surface area (TPSA) is 86.0 Å². The van der Waals surface area contributed by atoms with Crippen molar-refractivity contribution in [3.63, 3.8) is 0 Å². The minimum atomic E-state index is -0.0266. The molecule has 8 heteroatoms. The first-order chi connectivity index (χ1) is 14.2. The van der Waals surface area contributed by atoms with Gasteiger partial charge in [-0.15, -0.1) is 0 Å². The van der Waals surface area contributed by atoms with Gasteiger partial charge in [0.25, 0.3) is 5.56 Å². The van der Waals surface area contributed by atoms with E-state index < -0.39 is 0 Å². The van der Waals surface area contributed by atoms with Crippen LogP contribution < -0.4 is 10.5 Å². The molecule has 0 aromatic carbocycles. The van der Waals surface area contributed by atoms with E-state index in [4.69, 9.17) is 4.74 Å². The standard InChI is InChI=1S/C21H24N6O2/c1-29-14-19-23-8-4-20(25-19)26-9-5-16(6-10-26)13-27-15-24-18(11-21(27)28)17-3-2-7-22-12-17/h2-4,7-8,11-12,15-16H,5-6,9-10,13-14H2,1H3. The van der Waals surface area contributed by atoms with Crippen LogP contribution >= 0.6 is 0 Å². The molecule has 0 unspecified atom stereocenters. The second kappa shape index (κ2) is 8.91. The zero-order valence-corrected chi connectivity index (χ0v) is 16.4. The van der Waals surface area contributed by atoms with E-state index in [0.717, 1.165) is 37.3 Å². The van der Waals surface area contributed by atoms with Crippen LogP contribution in [0, 0.1) is 5.92 Å². The first-order valence-corrected chi connectivity index (χ1v) is 9.75. The maximum absolute atomic E-state index is 12.5. The van der Waals surface area contributed by atoms with Crippen molar-refractivity contribution in [2.75, 3.05) is 25.1 Å². The molecule has 3 aromatic heterocycles. The fourth-order valence-electron chi connectivity index (χ4n) is 3.62. The van der Waals surface area contributed by atoms with Crippen molar-refractivity contribution in [3.05, 3.63) is 65.4 Å². The van der Waals surface area contributed by atoms with Gasteiger partial charge in [-0.2, -0.15) is 0 Å². The molecule has 1 aliphatic heterocycles. The van der Waals surface area contributed by atoms with Gasteiger partial charge in [0.2, 0.25) is 0 Å². The van der Waals surface area contributed by atoms with E-state index in [0.29, 0.717) is 30.6 Å². The van der Waals surface area contributed by atoms with Gasteiger partial charge in [0, 0.05) is 57.0 Å². The van der Waals surface area contributed by atoms with Crippen molar-refractivity contribution in [1.82, 2.24) is 24.5 Å². The smallest absolute Gasteiger partial charge is 0.253 e. The molecule has 0 bridgehead atoms. The average molecular weight is 392 g/mol. The van der Waals surface area contributed by atoms with E-state index in [1.54, 1.807) is 42.7 Å². The summed E-state index contributed by atoms with van der Waals surface area (Å²) in [5.74, 6) is 2.07. The number of hydrogen-bond acceptors (Lipinski definition) is 7. The van der Waals surface area contributed by atoms with Gasteiger partial charge >= 0.3 is 0 Å². The van der Waals surface area contributed by atoms with Crippen molar-refractivity contribution < 1.29 is 4.74 Å². The van der Waals surface area contributed by atoms with E-state index in [9.17, 15) is 4.79 Å². The molecule has 1 fully saturated rings. The van der Waals surface area contributed by atoms with E-state index >= 15 is 0 Å². The van der Waals surface area contributed by atoms with Gasteiger partial charge in [0.05, 0.1) is 12.0 Å². The van der Waals surface area contributed by atoms with E-state index in [2.05, 4.69) is 24.8 Å². The first kappa shape index (κ1) is 19.2. The molecule has 0 amide bonds. The van der Waals surface area contributed by atoms with Crippen LogP contribution in [0.3, 0.4) is 0 Å². The third-order valence-electron chi connectivity index (χ3n) is 5.19. The fourth-order valence-corrected chi connectivity index (χ4v) is 3.62. The van der Waals surface area contributed by atoms with Crippen molar-refractivity contribution in [1.29, 1.82) is 0 Å². The number of ether oxygens (including phenoxy) is 1. The van der Waals surface area contributed by atoms with Crippen molar-refractivity contribution >= 4 is 5.82 Å². The highest BCUT2D eigenvalue weighted by Gasteiger charge is 2.21. The number of pyridine rings is 1. The Morgan fingerprint density at radius 3 is 2.76 bits per heavy atom. The maximum Gasteiger partial charge on any atom is 0.253 e. The Morgan fingerprint density at radius 2 is 2.03 bits per heavy atom. The largest absolute Gasteiger partial charge is 0.377 e. The number of piperidine rings is 1. The van der Waals surface area contributed by atoms with Gasteiger partial charge in [-0.05, 0) is 37.0 Å². The molecule has 3 aromatic rings. The van der Waals surface area contributed by atoms with Crippen molar-refractivity contribution in [2.45, 2.75) is 26.0 Å². The van der Waals surface area contributed by atoms with Crippen molar-refractivity contribution in [3.8, 4) is 11.3 Å².